The van der Waals surface area contributed by atoms with E-state index in [4.69, 9.17) is 10.5 Å². The second-order valence-electron chi connectivity index (χ2n) is 6.92. The first-order chi connectivity index (χ1) is 10.4. The van der Waals surface area contributed by atoms with Crippen molar-refractivity contribution in [1.82, 2.24) is 14.7 Å². The highest BCUT2D eigenvalue weighted by Crippen LogP contribution is 2.23. The minimum absolute atomic E-state index is 0.213. The first kappa shape index (κ1) is 16.8. The van der Waals surface area contributed by atoms with Gasteiger partial charge in [0.1, 0.15) is 5.60 Å². The van der Waals surface area contributed by atoms with Crippen LogP contribution in [0.3, 0.4) is 0 Å². The van der Waals surface area contributed by atoms with Gasteiger partial charge in [0.2, 0.25) is 0 Å². The normalized spacial score (nSPS) is 16.8. The van der Waals surface area contributed by atoms with Gasteiger partial charge in [-0.1, -0.05) is 0 Å². The predicted octanol–water partition coefficient (Wildman–Crippen LogP) is 2.35. The van der Waals surface area contributed by atoms with Crippen LogP contribution in [-0.4, -0.2) is 46.0 Å². The highest BCUT2D eigenvalue weighted by atomic mass is 16.6. The van der Waals surface area contributed by atoms with Crippen molar-refractivity contribution in [2.75, 3.05) is 19.6 Å². The summed E-state index contributed by atoms with van der Waals surface area (Å²) in [5.41, 5.74) is 6.34. The molecule has 0 saturated carbocycles. The van der Waals surface area contributed by atoms with Crippen LogP contribution >= 0.6 is 0 Å². The maximum absolute atomic E-state index is 12.0. The van der Waals surface area contributed by atoms with Gasteiger partial charge >= 0.3 is 6.09 Å². The molecule has 1 aliphatic rings. The summed E-state index contributed by atoms with van der Waals surface area (Å²) >= 11 is 0. The quantitative estimate of drug-likeness (QED) is 0.926. The molecule has 0 aromatic carbocycles. The molecule has 2 N–H and O–H groups in total. The van der Waals surface area contributed by atoms with Crippen LogP contribution in [0.2, 0.25) is 0 Å². The number of piperidine rings is 1. The van der Waals surface area contributed by atoms with E-state index in [9.17, 15) is 4.79 Å². The van der Waals surface area contributed by atoms with Gasteiger partial charge < -0.3 is 15.4 Å². The van der Waals surface area contributed by atoms with Crippen molar-refractivity contribution in [2.24, 2.45) is 5.73 Å². The molecule has 6 nitrogen and oxygen atoms in total. The van der Waals surface area contributed by atoms with Gasteiger partial charge in [0, 0.05) is 19.3 Å². The van der Waals surface area contributed by atoms with Crippen molar-refractivity contribution < 1.29 is 9.53 Å². The third kappa shape index (κ3) is 4.73. The van der Waals surface area contributed by atoms with Gasteiger partial charge in [0.25, 0.3) is 0 Å². The van der Waals surface area contributed by atoms with E-state index in [1.807, 2.05) is 31.6 Å². The lowest BCUT2D eigenvalue weighted by atomic mass is 10.1. The number of carbonyl (C=O) groups excluding carboxylic acids is 1. The lowest BCUT2D eigenvalue weighted by molar-refractivity contribution is 0.0185. The zero-order valence-corrected chi connectivity index (χ0v) is 13.9. The molecule has 1 aliphatic heterocycles. The predicted molar refractivity (Wildman–Crippen MR) is 85.7 cm³/mol. The number of carbonyl (C=O) groups is 1. The third-order valence-electron chi connectivity index (χ3n) is 3.81. The van der Waals surface area contributed by atoms with Gasteiger partial charge in [-0.25, -0.2) is 4.79 Å². The summed E-state index contributed by atoms with van der Waals surface area (Å²) in [6.07, 6.45) is 7.62. The maximum atomic E-state index is 12.0. The van der Waals surface area contributed by atoms with Crippen LogP contribution in [0.15, 0.2) is 12.4 Å². The molecule has 22 heavy (non-hydrogen) atoms. The summed E-state index contributed by atoms with van der Waals surface area (Å²) in [6, 6.07) is 0.366. The van der Waals surface area contributed by atoms with Crippen LogP contribution in [0.4, 0.5) is 4.79 Å². The van der Waals surface area contributed by atoms with E-state index in [0.29, 0.717) is 12.6 Å². The molecular formula is C16H28N4O2. The number of hydrogen-bond acceptors (Lipinski definition) is 4. The van der Waals surface area contributed by atoms with Crippen molar-refractivity contribution in [3.05, 3.63) is 18.0 Å². The number of nitrogens with zero attached hydrogens (tertiary/aromatic N) is 3. The molecule has 1 aromatic heterocycles. The summed E-state index contributed by atoms with van der Waals surface area (Å²) in [5.74, 6) is 0. The van der Waals surface area contributed by atoms with E-state index in [1.165, 1.54) is 5.56 Å². The number of aromatic nitrogens is 2. The molecule has 0 unspecified atom stereocenters. The lowest BCUT2D eigenvalue weighted by Crippen LogP contribution is -2.42. The second-order valence-corrected chi connectivity index (χ2v) is 6.92. The van der Waals surface area contributed by atoms with Gasteiger partial charge in [-0.15, -0.1) is 0 Å². The number of ether oxygens (including phenoxy) is 1. The fraction of sp³-hybridized carbons (Fsp3) is 0.750. The first-order valence-electron chi connectivity index (χ1n) is 8.10. The van der Waals surface area contributed by atoms with E-state index in [1.54, 1.807) is 4.90 Å². The van der Waals surface area contributed by atoms with Gasteiger partial charge in [0.05, 0.1) is 12.2 Å². The molecule has 0 bridgehead atoms. The van der Waals surface area contributed by atoms with Crippen molar-refractivity contribution >= 4 is 6.09 Å². The van der Waals surface area contributed by atoms with Crippen LogP contribution in [0.25, 0.3) is 0 Å². The molecule has 2 rings (SSSR count). The number of aryl methyl sites for hydroxylation is 1. The van der Waals surface area contributed by atoms with Crippen molar-refractivity contribution in [3.8, 4) is 0 Å². The van der Waals surface area contributed by atoms with Gasteiger partial charge in [-0.2, -0.15) is 5.10 Å². The summed E-state index contributed by atoms with van der Waals surface area (Å²) in [5, 5.41) is 4.46. The smallest absolute Gasteiger partial charge is 0.410 e. The Morgan fingerprint density at radius 1 is 1.41 bits per heavy atom. The van der Waals surface area contributed by atoms with Crippen molar-refractivity contribution in [1.29, 1.82) is 0 Å². The average molecular weight is 308 g/mol. The van der Waals surface area contributed by atoms with Crippen LogP contribution < -0.4 is 5.73 Å². The maximum Gasteiger partial charge on any atom is 0.410 e. The Hall–Kier alpha value is -1.56. The third-order valence-corrected chi connectivity index (χ3v) is 3.81. The summed E-state index contributed by atoms with van der Waals surface area (Å²) < 4.78 is 7.46. The van der Waals surface area contributed by atoms with Gasteiger partial charge in [0.15, 0.2) is 0 Å². The fourth-order valence-electron chi connectivity index (χ4n) is 2.65. The number of likely N-dealkylation sites (tertiary alicyclic amines) is 1. The molecule has 1 saturated heterocycles. The Morgan fingerprint density at radius 3 is 2.68 bits per heavy atom. The average Bonchev–Trinajstić information content (AvgIpc) is 2.92. The molecule has 1 fully saturated rings. The van der Waals surface area contributed by atoms with Crippen LogP contribution in [-0.2, 0) is 11.2 Å². The Kier molecular flexibility index (Phi) is 5.45. The Bertz CT molecular complexity index is 485. The fourth-order valence-corrected chi connectivity index (χ4v) is 2.65. The van der Waals surface area contributed by atoms with E-state index in [2.05, 4.69) is 11.3 Å². The SMILES string of the molecule is CC(C)(C)OC(=O)N1CCC(n2cc(CCCN)cn2)CC1. The van der Waals surface area contributed by atoms with E-state index >= 15 is 0 Å². The second kappa shape index (κ2) is 7.13. The zero-order chi connectivity index (χ0) is 16.2. The molecule has 0 radical (unpaired) electrons. The van der Waals surface area contributed by atoms with E-state index in [0.717, 1.165) is 38.8 Å². The highest BCUT2D eigenvalue weighted by Gasteiger charge is 2.27. The monoisotopic (exact) mass is 308 g/mol. The minimum atomic E-state index is -0.437. The highest BCUT2D eigenvalue weighted by molar-refractivity contribution is 5.68. The topological polar surface area (TPSA) is 73.4 Å². The molecule has 0 aliphatic carbocycles. The Labute approximate surface area is 132 Å². The van der Waals surface area contributed by atoms with Crippen molar-refractivity contribution in [3.63, 3.8) is 0 Å². The molecule has 1 amide bonds. The first-order valence-corrected chi connectivity index (χ1v) is 8.10. The summed E-state index contributed by atoms with van der Waals surface area (Å²) in [4.78, 5) is 13.8. The van der Waals surface area contributed by atoms with E-state index < -0.39 is 5.60 Å². The van der Waals surface area contributed by atoms with Crippen LogP contribution in [0.5, 0.6) is 0 Å². The standard InChI is InChI=1S/C16H28N4O2/c1-16(2,3)22-15(21)19-9-6-14(7-10-19)20-12-13(11-18-20)5-4-8-17/h11-12,14H,4-10,17H2,1-3H3. The van der Waals surface area contributed by atoms with Gasteiger partial charge in [-0.3, -0.25) is 4.68 Å². The number of hydrogen-bond donors (Lipinski definition) is 1. The van der Waals surface area contributed by atoms with Crippen LogP contribution in [0.1, 0.15) is 51.6 Å². The van der Waals surface area contributed by atoms with E-state index in [-0.39, 0.29) is 6.09 Å². The molecule has 6 heteroatoms. The molecule has 2 heterocycles. The molecule has 0 spiro atoms. The van der Waals surface area contributed by atoms with Gasteiger partial charge in [-0.05, 0) is 58.6 Å². The Balaban J connectivity index is 1.84. The largest absolute Gasteiger partial charge is 0.444 e. The molecule has 1 aromatic rings. The number of nitrogens with two attached hydrogens (primary N) is 1. The van der Waals surface area contributed by atoms with Crippen LogP contribution in [0, 0.1) is 0 Å². The Morgan fingerprint density at radius 2 is 2.09 bits per heavy atom. The molecule has 124 valence electrons. The summed E-state index contributed by atoms with van der Waals surface area (Å²) in [6.45, 7) is 7.83. The minimum Gasteiger partial charge on any atom is -0.444 e. The number of rotatable bonds is 4. The molecular weight excluding hydrogens is 280 g/mol. The number of amides is 1. The zero-order valence-electron chi connectivity index (χ0n) is 13.9. The van der Waals surface area contributed by atoms with Crippen molar-refractivity contribution in [2.45, 2.75) is 58.1 Å². The summed E-state index contributed by atoms with van der Waals surface area (Å²) in [7, 11) is 0. The molecule has 0 atom stereocenters. The lowest BCUT2D eigenvalue weighted by Gasteiger charge is -2.33.